The van der Waals surface area contributed by atoms with E-state index in [0.29, 0.717) is 12.8 Å². The van der Waals surface area contributed by atoms with E-state index in [1.165, 1.54) is 0 Å². The molecule has 3 unspecified atom stereocenters. The molecule has 2 fully saturated rings. The van der Waals surface area contributed by atoms with Gasteiger partial charge in [-0.3, -0.25) is 9.59 Å². The lowest BCUT2D eigenvalue weighted by Gasteiger charge is -2.24. The Morgan fingerprint density at radius 1 is 1.41 bits per heavy atom. The monoisotopic (exact) mass is 257 g/mol. The van der Waals surface area contributed by atoms with Crippen molar-refractivity contribution in [3.05, 3.63) is 0 Å². The second kappa shape index (κ2) is 4.88. The van der Waals surface area contributed by atoms with Gasteiger partial charge in [0.1, 0.15) is 0 Å². The molecule has 4 nitrogen and oxygen atoms in total. The number of carbonyl (C=O) groups excluding carboxylic acids is 1. The summed E-state index contributed by atoms with van der Waals surface area (Å²) in [6.07, 6.45) is 4.09. The van der Waals surface area contributed by atoms with Crippen LogP contribution in [-0.2, 0) is 9.59 Å². The van der Waals surface area contributed by atoms with Gasteiger partial charge in [-0.2, -0.15) is 0 Å². The van der Waals surface area contributed by atoms with E-state index in [9.17, 15) is 9.59 Å². The van der Waals surface area contributed by atoms with Gasteiger partial charge in [0.15, 0.2) is 0 Å². The first-order chi connectivity index (χ1) is 8.01. The van der Waals surface area contributed by atoms with Crippen molar-refractivity contribution in [3.8, 4) is 0 Å². The molecule has 2 rings (SSSR count). The van der Waals surface area contributed by atoms with E-state index in [1.54, 1.807) is 11.8 Å². The lowest BCUT2D eigenvalue weighted by Crippen LogP contribution is -2.44. The van der Waals surface area contributed by atoms with Crippen molar-refractivity contribution in [2.75, 3.05) is 5.75 Å². The summed E-state index contributed by atoms with van der Waals surface area (Å²) in [7, 11) is 0. The zero-order valence-corrected chi connectivity index (χ0v) is 10.9. The van der Waals surface area contributed by atoms with Crippen molar-refractivity contribution in [1.82, 2.24) is 5.32 Å². The first kappa shape index (κ1) is 12.7. The summed E-state index contributed by atoms with van der Waals surface area (Å²) < 4.78 is -0.290. The minimum atomic E-state index is -0.733. The van der Waals surface area contributed by atoms with Gasteiger partial charge in [-0.25, -0.2) is 0 Å². The van der Waals surface area contributed by atoms with E-state index in [0.717, 1.165) is 25.0 Å². The Kier molecular flexibility index (Phi) is 3.66. The Morgan fingerprint density at radius 3 is 2.71 bits per heavy atom. The van der Waals surface area contributed by atoms with Gasteiger partial charge in [-0.1, -0.05) is 0 Å². The number of hydrogen-bond acceptors (Lipinski definition) is 3. The van der Waals surface area contributed by atoms with Crippen LogP contribution in [0, 0.1) is 5.92 Å². The second-order valence-electron chi connectivity index (χ2n) is 5.20. The quantitative estimate of drug-likeness (QED) is 0.806. The molecule has 1 amide bonds. The Morgan fingerprint density at radius 2 is 2.18 bits per heavy atom. The van der Waals surface area contributed by atoms with Gasteiger partial charge in [0.05, 0.1) is 10.7 Å². The fourth-order valence-corrected chi connectivity index (χ4v) is 3.85. The molecule has 0 aromatic heterocycles. The number of carboxylic acids is 1. The van der Waals surface area contributed by atoms with Gasteiger partial charge < -0.3 is 10.4 Å². The van der Waals surface area contributed by atoms with Gasteiger partial charge in [-0.15, -0.1) is 11.8 Å². The fraction of sp³-hybridized carbons (Fsp3) is 0.833. The van der Waals surface area contributed by atoms with E-state index in [4.69, 9.17) is 5.11 Å². The van der Waals surface area contributed by atoms with Crippen LogP contribution in [0.3, 0.4) is 0 Å². The maximum atomic E-state index is 12.1. The molecule has 96 valence electrons. The molecule has 0 aromatic rings. The predicted octanol–water partition coefficient (Wildman–Crippen LogP) is 1.64. The number of aliphatic carboxylic acids is 1. The van der Waals surface area contributed by atoms with Crippen LogP contribution in [0.15, 0.2) is 0 Å². The Bertz CT molecular complexity index is 326. The van der Waals surface area contributed by atoms with Crippen molar-refractivity contribution in [3.63, 3.8) is 0 Å². The van der Waals surface area contributed by atoms with Crippen molar-refractivity contribution < 1.29 is 14.7 Å². The number of thioether (sulfide) groups is 1. The Hall–Kier alpha value is -0.710. The molecule has 2 N–H and O–H groups in total. The lowest BCUT2D eigenvalue weighted by atomic mass is 10.0. The van der Waals surface area contributed by atoms with Crippen molar-refractivity contribution in [2.45, 2.75) is 49.8 Å². The maximum Gasteiger partial charge on any atom is 0.306 e. The molecule has 1 saturated heterocycles. The highest BCUT2D eigenvalue weighted by Gasteiger charge is 2.39. The van der Waals surface area contributed by atoms with Crippen LogP contribution in [0.2, 0.25) is 0 Å². The van der Waals surface area contributed by atoms with Crippen LogP contribution < -0.4 is 5.32 Å². The van der Waals surface area contributed by atoms with E-state index >= 15 is 0 Å². The molecule has 1 aliphatic heterocycles. The summed E-state index contributed by atoms with van der Waals surface area (Å²) in [4.78, 5) is 23.0. The highest BCUT2D eigenvalue weighted by molar-refractivity contribution is 8.01. The first-order valence-corrected chi connectivity index (χ1v) is 7.17. The minimum Gasteiger partial charge on any atom is -0.481 e. The fourth-order valence-electron chi connectivity index (χ4n) is 2.63. The molecular formula is C12H19NO3S. The predicted molar refractivity (Wildman–Crippen MR) is 67.0 cm³/mol. The molecule has 0 bridgehead atoms. The van der Waals surface area contributed by atoms with Crippen LogP contribution >= 0.6 is 11.8 Å². The van der Waals surface area contributed by atoms with Gasteiger partial charge in [0, 0.05) is 6.04 Å². The summed E-state index contributed by atoms with van der Waals surface area (Å²) in [5.41, 5.74) is 0. The normalized spacial score (nSPS) is 37.0. The van der Waals surface area contributed by atoms with Crippen LogP contribution in [0.4, 0.5) is 0 Å². The second-order valence-corrected chi connectivity index (χ2v) is 6.80. The molecule has 3 atom stereocenters. The summed E-state index contributed by atoms with van der Waals surface area (Å²) in [5.74, 6) is 0.135. The van der Waals surface area contributed by atoms with Crippen LogP contribution in [0.5, 0.6) is 0 Å². The van der Waals surface area contributed by atoms with Gasteiger partial charge in [0.2, 0.25) is 5.91 Å². The average molecular weight is 257 g/mol. The highest BCUT2D eigenvalue weighted by Crippen LogP contribution is 2.38. The van der Waals surface area contributed by atoms with E-state index in [2.05, 4.69) is 5.32 Å². The third-order valence-electron chi connectivity index (χ3n) is 3.82. The topological polar surface area (TPSA) is 66.4 Å². The SMILES string of the molecule is CC1(C(=O)NC2CCC(C(=O)O)C2)CCCS1. The van der Waals surface area contributed by atoms with Crippen molar-refractivity contribution >= 4 is 23.6 Å². The highest BCUT2D eigenvalue weighted by atomic mass is 32.2. The third-order valence-corrected chi connectivity index (χ3v) is 5.34. The Balaban J connectivity index is 1.86. The summed E-state index contributed by atoms with van der Waals surface area (Å²) in [5, 5.41) is 11.9. The lowest BCUT2D eigenvalue weighted by molar-refractivity contribution is -0.141. The largest absolute Gasteiger partial charge is 0.481 e. The van der Waals surface area contributed by atoms with E-state index < -0.39 is 5.97 Å². The van der Waals surface area contributed by atoms with Crippen LogP contribution in [0.1, 0.15) is 39.0 Å². The first-order valence-electron chi connectivity index (χ1n) is 6.19. The molecule has 0 spiro atoms. The standard InChI is InChI=1S/C12H19NO3S/c1-12(5-2-6-17-12)11(16)13-9-4-3-8(7-9)10(14)15/h8-9H,2-7H2,1H3,(H,13,16)(H,14,15). The molecule has 1 heterocycles. The summed E-state index contributed by atoms with van der Waals surface area (Å²) >= 11 is 1.71. The molecule has 0 radical (unpaired) electrons. The average Bonchev–Trinajstić information content (AvgIpc) is 2.88. The zero-order chi connectivity index (χ0) is 12.5. The number of rotatable bonds is 3. The van der Waals surface area contributed by atoms with E-state index in [-0.39, 0.29) is 22.6 Å². The number of hydrogen-bond donors (Lipinski definition) is 2. The van der Waals surface area contributed by atoms with Gasteiger partial charge >= 0.3 is 5.97 Å². The van der Waals surface area contributed by atoms with Gasteiger partial charge in [-0.05, 0) is 44.8 Å². The summed E-state index contributed by atoms with van der Waals surface area (Å²) in [6, 6.07) is 0.0571. The van der Waals surface area contributed by atoms with E-state index in [1.807, 2.05) is 6.92 Å². The molecule has 2 aliphatic rings. The number of carboxylic acid groups (broad SMARTS) is 1. The molecular weight excluding hydrogens is 238 g/mol. The zero-order valence-electron chi connectivity index (χ0n) is 10.1. The number of amides is 1. The van der Waals surface area contributed by atoms with Crippen molar-refractivity contribution in [1.29, 1.82) is 0 Å². The van der Waals surface area contributed by atoms with Gasteiger partial charge in [0.25, 0.3) is 0 Å². The molecule has 17 heavy (non-hydrogen) atoms. The maximum absolute atomic E-state index is 12.1. The third kappa shape index (κ3) is 2.76. The van der Waals surface area contributed by atoms with Crippen LogP contribution in [-0.4, -0.2) is 33.5 Å². The smallest absolute Gasteiger partial charge is 0.306 e. The van der Waals surface area contributed by atoms with Crippen molar-refractivity contribution in [2.24, 2.45) is 5.92 Å². The molecule has 0 aromatic carbocycles. The molecule has 1 saturated carbocycles. The minimum absolute atomic E-state index is 0.0571. The summed E-state index contributed by atoms with van der Waals surface area (Å²) in [6.45, 7) is 1.99. The number of carbonyl (C=O) groups is 2. The van der Waals surface area contributed by atoms with Crippen LogP contribution in [0.25, 0.3) is 0 Å². The molecule has 1 aliphatic carbocycles. The molecule has 5 heteroatoms. The number of nitrogens with one attached hydrogen (secondary N) is 1. The Labute approximate surface area is 106 Å².